The number of nitrogens with zero attached hydrogens (tertiary/aromatic N) is 1. The predicted octanol–water partition coefficient (Wildman–Crippen LogP) is 3.64. The van der Waals surface area contributed by atoms with Gasteiger partial charge in [0, 0.05) is 13.0 Å². The molecule has 1 saturated heterocycles. The highest BCUT2D eigenvalue weighted by Crippen LogP contribution is 2.29. The standard InChI is InChI=1S/C23H27NO4/c1-3-27-20-11-10-18(15-21(20)28-4-2)12-13-24-22(25)16-19(23(24)26)14-17-8-6-5-7-9-17/h5-11,15,19H,3-4,12-14,16H2,1-2H3. The van der Waals surface area contributed by atoms with Crippen molar-refractivity contribution in [2.24, 2.45) is 5.92 Å². The highest BCUT2D eigenvalue weighted by atomic mass is 16.5. The normalized spacial score (nSPS) is 16.5. The van der Waals surface area contributed by atoms with Gasteiger partial charge in [-0.05, 0) is 49.9 Å². The summed E-state index contributed by atoms with van der Waals surface area (Å²) in [5.74, 6) is 1.01. The molecule has 1 aliphatic heterocycles. The molecule has 1 unspecified atom stereocenters. The lowest BCUT2D eigenvalue weighted by molar-refractivity contribution is -0.139. The summed E-state index contributed by atoms with van der Waals surface area (Å²) >= 11 is 0. The van der Waals surface area contributed by atoms with E-state index >= 15 is 0 Å². The van der Waals surface area contributed by atoms with Crippen LogP contribution in [0.4, 0.5) is 0 Å². The summed E-state index contributed by atoms with van der Waals surface area (Å²) in [5, 5.41) is 0. The summed E-state index contributed by atoms with van der Waals surface area (Å²) < 4.78 is 11.2. The molecule has 28 heavy (non-hydrogen) atoms. The molecule has 1 heterocycles. The average Bonchev–Trinajstić information content (AvgIpc) is 2.96. The Kier molecular flexibility index (Phi) is 6.69. The van der Waals surface area contributed by atoms with E-state index < -0.39 is 0 Å². The van der Waals surface area contributed by atoms with Crippen molar-refractivity contribution >= 4 is 11.8 Å². The third-order valence-electron chi connectivity index (χ3n) is 4.89. The summed E-state index contributed by atoms with van der Waals surface area (Å²) in [6.45, 7) is 5.37. The number of ether oxygens (including phenoxy) is 2. The smallest absolute Gasteiger partial charge is 0.233 e. The lowest BCUT2D eigenvalue weighted by Gasteiger charge is -2.16. The van der Waals surface area contributed by atoms with Gasteiger partial charge in [-0.2, -0.15) is 0 Å². The topological polar surface area (TPSA) is 55.8 Å². The second-order valence-corrected chi connectivity index (χ2v) is 6.87. The van der Waals surface area contributed by atoms with Crippen LogP contribution in [-0.4, -0.2) is 36.5 Å². The van der Waals surface area contributed by atoms with E-state index in [2.05, 4.69) is 0 Å². The molecule has 0 aliphatic carbocycles. The highest BCUT2D eigenvalue weighted by Gasteiger charge is 2.37. The Balaban J connectivity index is 1.63. The second-order valence-electron chi connectivity index (χ2n) is 6.87. The van der Waals surface area contributed by atoms with Gasteiger partial charge in [0.1, 0.15) is 0 Å². The lowest BCUT2D eigenvalue weighted by Crippen LogP contribution is -2.33. The van der Waals surface area contributed by atoms with Crippen LogP contribution in [0.2, 0.25) is 0 Å². The molecule has 0 bridgehead atoms. The minimum Gasteiger partial charge on any atom is -0.490 e. The summed E-state index contributed by atoms with van der Waals surface area (Å²) in [6.07, 6.45) is 1.50. The van der Waals surface area contributed by atoms with Gasteiger partial charge >= 0.3 is 0 Å². The van der Waals surface area contributed by atoms with Gasteiger partial charge < -0.3 is 9.47 Å². The molecule has 0 N–H and O–H groups in total. The van der Waals surface area contributed by atoms with E-state index in [1.807, 2.05) is 62.4 Å². The average molecular weight is 381 g/mol. The van der Waals surface area contributed by atoms with Gasteiger partial charge in [-0.15, -0.1) is 0 Å². The predicted molar refractivity (Wildman–Crippen MR) is 107 cm³/mol. The van der Waals surface area contributed by atoms with Crippen molar-refractivity contribution in [2.45, 2.75) is 33.1 Å². The molecule has 0 radical (unpaired) electrons. The Bertz CT molecular complexity index is 819. The second kappa shape index (κ2) is 9.40. The van der Waals surface area contributed by atoms with Crippen LogP contribution in [0.5, 0.6) is 11.5 Å². The van der Waals surface area contributed by atoms with Crippen LogP contribution in [0.3, 0.4) is 0 Å². The molecule has 1 fully saturated rings. The molecule has 148 valence electrons. The number of rotatable bonds is 9. The molecule has 0 spiro atoms. The molecule has 0 aromatic heterocycles. The zero-order valence-electron chi connectivity index (χ0n) is 16.5. The van der Waals surface area contributed by atoms with Crippen molar-refractivity contribution in [3.05, 3.63) is 59.7 Å². The maximum Gasteiger partial charge on any atom is 0.233 e. The minimum absolute atomic E-state index is 0.0650. The molecule has 1 aliphatic rings. The van der Waals surface area contributed by atoms with Crippen LogP contribution in [-0.2, 0) is 22.4 Å². The fourth-order valence-corrected chi connectivity index (χ4v) is 3.54. The van der Waals surface area contributed by atoms with Crippen LogP contribution >= 0.6 is 0 Å². The number of imide groups is 1. The number of carbonyl (C=O) groups is 2. The quantitative estimate of drug-likeness (QED) is 0.622. The van der Waals surface area contributed by atoms with Crippen LogP contribution in [0, 0.1) is 5.92 Å². The molecule has 2 aromatic carbocycles. The van der Waals surface area contributed by atoms with Crippen molar-refractivity contribution in [1.82, 2.24) is 4.90 Å². The van der Waals surface area contributed by atoms with E-state index in [0.29, 0.717) is 50.5 Å². The van der Waals surface area contributed by atoms with Gasteiger partial charge in [-0.25, -0.2) is 0 Å². The summed E-state index contributed by atoms with van der Waals surface area (Å²) in [4.78, 5) is 26.5. The van der Waals surface area contributed by atoms with Crippen LogP contribution in [0.1, 0.15) is 31.4 Å². The molecule has 0 saturated carbocycles. The maximum atomic E-state index is 12.7. The van der Waals surface area contributed by atoms with Gasteiger partial charge in [0.15, 0.2) is 11.5 Å². The maximum absolute atomic E-state index is 12.7. The van der Waals surface area contributed by atoms with Gasteiger partial charge in [0.05, 0.1) is 19.1 Å². The van der Waals surface area contributed by atoms with Crippen LogP contribution in [0.15, 0.2) is 48.5 Å². The monoisotopic (exact) mass is 381 g/mol. The first-order chi connectivity index (χ1) is 13.6. The molecule has 5 nitrogen and oxygen atoms in total. The molecule has 2 amide bonds. The largest absolute Gasteiger partial charge is 0.490 e. The number of likely N-dealkylation sites (tertiary alicyclic amines) is 1. The fraction of sp³-hybridized carbons (Fsp3) is 0.391. The molecule has 2 aromatic rings. The highest BCUT2D eigenvalue weighted by molar-refractivity contribution is 6.03. The van der Waals surface area contributed by atoms with E-state index in [1.54, 1.807) is 0 Å². The Hall–Kier alpha value is -2.82. The Labute approximate surface area is 166 Å². The molecule has 5 heteroatoms. The first-order valence-electron chi connectivity index (χ1n) is 9.89. The molecular formula is C23H27NO4. The van der Waals surface area contributed by atoms with E-state index in [-0.39, 0.29) is 17.7 Å². The zero-order chi connectivity index (χ0) is 19.9. The van der Waals surface area contributed by atoms with Crippen molar-refractivity contribution in [1.29, 1.82) is 0 Å². The van der Waals surface area contributed by atoms with Crippen molar-refractivity contribution in [3.63, 3.8) is 0 Å². The first kappa shape index (κ1) is 19.9. The number of carbonyl (C=O) groups excluding carboxylic acids is 2. The molecule has 1 atom stereocenters. The van der Waals surface area contributed by atoms with E-state index in [9.17, 15) is 9.59 Å². The Morgan fingerprint density at radius 2 is 1.64 bits per heavy atom. The van der Waals surface area contributed by atoms with E-state index in [1.165, 1.54) is 4.90 Å². The summed E-state index contributed by atoms with van der Waals surface area (Å²) in [7, 11) is 0. The summed E-state index contributed by atoms with van der Waals surface area (Å²) in [5.41, 5.74) is 2.10. The van der Waals surface area contributed by atoms with E-state index in [4.69, 9.17) is 9.47 Å². The van der Waals surface area contributed by atoms with Crippen molar-refractivity contribution in [3.8, 4) is 11.5 Å². The van der Waals surface area contributed by atoms with Gasteiger partial charge in [-0.3, -0.25) is 14.5 Å². The van der Waals surface area contributed by atoms with Gasteiger partial charge in [0.2, 0.25) is 11.8 Å². The van der Waals surface area contributed by atoms with Crippen LogP contribution < -0.4 is 9.47 Å². The molecular weight excluding hydrogens is 354 g/mol. The summed E-state index contributed by atoms with van der Waals surface area (Å²) in [6, 6.07) is 15.6. The number of hydrogen-bond donors (Lipinski definition) is 0. The van der Waals surface area contributed by atoms with E-state index in [0.717, 1.165) is 11.1 Å². The fourth-order valence-electron chi connectivity index (χ4n) is 3.54. The third kappa shape index (κ3) is 4.71. The number of benzene rings is 2. The zero-order valence-corrected chi connectivity index (χ0v) is 16.5. The first-order valence-corrected chi connectivity index (χ1v) is 9.89. The SMILES string of the molecule is CCOc1ccc(CCN2C(=O)CC(Cc3ccccc3)C2=O)cc1OCC. The van der Waals surface area contributed by atoms with Gasteiger partial charge in [-0.1, -0.05) is 36.4 Å². The molecule has 3 rings (SSSR count). The Morgan fingerprint density at radius 3 is 2.36 bits per heavy atom. The van der Waals surface area contributed by atoms with Gasteiger partial charge in [0.25, 0.3) is 0 Å². The van der Waals surface area contributed by atoms with Crippen molar-refractivity contribution < 1.29 is 19.1 Å². The minimum atomic E-state index is -0.255. The number of amides is 2. The lowest BCUT2D eigenvalue weighted by atomic mass is 9.98. The Morgan fingerprint density at radius 1 is 0.929 bits per heavy atom. The third-order valence-corrected chi connectivity index (χ3v) is 4.89. The number of hydrogen-bond acceptors (Lipinski definition) is 4. The van der Waals surface area contributed by atoms with Crippen molar-refractivity contribution in [2.75, 3.05) is 19.8 Å². The van der Waals surface area contributed by atoms with Crippen LogP contribution in [0.25, 0.3) is 0 Å².